The molecule has 9 heterocycles. The molecule has 0 N–H and O–H groups in total. The predicted octanol–water partition coefficient (Wildman–Crippen LogP) is 22.1. The highest BCUT2D eigenvalue weighted by atomic mass is 15.2. The van der Waals surface area contributed by atoms with Gasteiger partial charge >= 0.3 is 0 Å². The van der Waals surface area contributed by atoms with Crippen molar-refractivity contribution in [2.24, 2.45) is 0 Å². The molecule has 0 aliphatic heterocycles. The van der Waals surface area contributed by atoms with E-state index in [1.165, 1.54) is 103 Å². The van der Waals surface area contributed by atoms with Crippen LogP contribution in [0, 0.1) is 11.3 Å². The van der Waals surface area contributed by atoms with E-state index in [9.17, 15) is 5.26 Å². The first kappa shape index (κ1) is 51.1. The average molecular weight is 1230 g/mol. The molecule has 23 aromatic rings. The fraction of sp³-hybridized carbons (Fsp3) is 0. The molecule has 0 fully saturated rings. The maximum atomic E-state index is 10.1. The van der Waals surface area contributed by atoms with Gasteiger partial charge in [0.25, 0.3) is 0 Å². The minimum Gasteiger partial charge on any atom is -0.309 e. The summed E-state index contributed by atoms with van der Waals surface area (Å²) >= 11 is 0. The standard InChI is InChI=1S/C88H47N9/c89-47-49-17-15-19-53(41-49)85-60-26-3-9-29-67(60)91-88(92-85)97-75-40-38-51-35-36-52(42-63(51)80(75)84-77(97)46-66-59-25-6-12-32-71(59)96-73-34-14-8-28-62(73)82(84)87(66)96)68-44-64-57-23-4-10-30-69(57)93(78(64)48-90-68)54-20-16-21-55(43-54)94-74-39-37-50-18-1-2-22-56(50)79(74)83-76(94)45-65-58-24-5-11-31-70(58)95-72-33-13-7-27-61(72)81(83)86(65)95/h1-46,48H. The highest BCUT2D eigenvalue weighted by Gasteiger charge is 2.29. The van der Waals surface area contributed by atoms with Gasteiger partial charge in [0.1, 0.15) is 0 Å². The lowest BCUT2D eigenvalue weighted by Crippen LogP contribution is -2.03. The number of rotatable bonds is 5. The number of aromatic nitrogens is 8. The van der Waals surface area contributed by atoms with Crippen LogP contribution in [0.25, 0.3) is 214 Å². The van der Waals surface area contributed by atoms with E-state index in [1.807, 2.05) is 36.4 Å². The number of nitrogens with zero attached hydrogens (tertiary/aromatic N) is 9. The summed E-state index contributed by atoms with van der Waals surface area (Å²) in [6, 6.07) is 104. The van der Waals surface area contributed by atoms with E-state index in [0.717, 1.165) is 105 Å². The van der Waals surface area contributed by atoms with E-state index in [2.05, 4.69) is 277 Å². The van der Waals surface area contributed by atoms with Crippen molar-refractivity contribution < 1.29 is 0 Å². The third-order valence-electron chi connectivity index (χ3n) is 21.3. The van der Waals surface area contributed by atoms with Gasteiger partial charge < -0.3 is 17.9 Å². The Bertz CT molecular complexity index is 7530. The van der Waals surface area contributed by atoms with Crippen LogP contribution in [-0.4, -0.2) is 37.5 Å². The molecule has 0 spiro atoms. The number of benzene rings is 14. The van der Waals surface area contributed by atoms with Gasteiger partial charge in [-0.15, -0.1) is 0 Å². The number of para-hydroxylation sites is 6. The summed E-state index contributed by atoms with van der Waals surface area (Å²) in [4.78, 5) is 16.5. The third kappa shape index (κ3) is 6.57. The molecule has 0 aliphatic rings. The summed E-state index contributed by atoms with van der Waals surface area (Å²) in [6.07, 6.45) is 2.08. The van der Waals surface area contributed by atoms with Crippen LogP contribution in [-0.2, 0) is 0 Å². The van der Waals surface area contributed by atoms with Gasteiger partial charge in [0.05, 0.1) is 101 Å². The Morgan fingerprint density at radius 2 is 0.804 bits per heavy atom. The van der Waals surface area contributed by atoms with Crippen LogP contribution in [0.15, 0.2) is 285 Å². The molecule has 0 saturated heterocycles. The van der Waals surface area contributed by atoms with Crippen molar-refractivity contribution >= 4 is 174 Å². The van der Waals surface area contributed by atoms with Gasteiger partial charge in [0.15, 0.2) is 0 Å². The monoisotopic (exact) mass is 1230 g/mol. The van der Waals surface area contributed by atoms with Crippen molar-refractivity contribution in [1.29, 1.82) is 5.26 Å². The topological polar surface area (TPSA) is 86.1 Å². The lowest BCUT2D eigenvalue weighted by molar-refractivity contribution is 1.01. The Balaban J connectivity index is 0.751. The number of hydrogen-bond donors (Lipinski definition) is 0. The predicted molar refractivity (Wildman–Crippen MR) is 400 cm³/mol. The van der Waals surface area contributed by atoms with E-state index >= 15 is 0 Å². The second-order valence-corrected chi connectivity index (χ2v) is 26.1. The smallest absolute Gasteiger partial charge is 0.235 e. The highest BCUT2D eigenvalue weighted by Crippen LogP contribution is 2.51. The van der Waals surface area contributed by atoms with Gasteiger partial charge in [-0.3, -0.25) is 9.55 Å². The molecule has 23 rings (SSSR count). The Kier molecular flexibility index (Phi) is 9.73. The van der Waals surface area contributed by atoms with Crippen LogP contribution in [0.1, 0.15) is 5.56 Å². The summed E-state index contributed by atoms with van der Waals surface area (Å²) in [5.74, 6) is 0.553. The molecule has 9 heteroatoms. The molecule has 0 bridgehead atoms. The second kappa shape index (κ2) is 18.5. The number of nitriles is 1. The zero-order chi connectivity index (χ0) is 63.0. The van der Waals surface area contributed by atoms with E-state index < -0.39 is 0 Å². The summed E-state index contributed by atoms with van der Waals surface area (Å²) in [6.45, 7) is 0. The van der Waals surface area contributed by atoms with Crippen LogP contribution in [0.4, 0.5) is 0 Å². The summed E-state index contributed by atoms with van der Waals surface area (Å²) in [5.41, 5.74) is 20.7. The molecule has 97 heavy (non-hydrogen) atoms. The SMILES string of the molecule is N#Cc1cccc(-c2nc(-n3c4ccc5ccc(-c6cc7c8ccccc8n(-c8cccc(-n9c%10ccc%11ccccc%11c%10c%10c%11c%12ccccc%12n%12c%13ccccc%13c(cc%109)c%11%12)c8)c7cn6)cc5c4c4c5c6ccccc6n6c7ccccc7c(cc43)c56)nc3ccccc23)c1. The Labute approximate surface area is 550 Å². The zero-order valence-corrected chi connectivity index (χ0v) is 51.7. The average Bonchev–Trinajstić information content (AvgIpc) is 1.52. The molecule has 444 valence electrons. The first-order valence-electron chi connectivity index (χ1n) is 33.0. The largest absolute Gasteiger partial charge is 0.309 e. The van der Waals surface area contributed by atoms with E-state index in [-0.39, 0.29) is 0 Å². The molecular formula is C88H47N9. The van der Waals surface area contributed by atoms with Gasteiger partial charge in [0.2, 0.25) is 5.95 Å². The highest BCUT2D eigenvalue weighted by molar-refractivity contribution is 6.40. The van der Waals surface area contributed by atoms with Crippen LogP contribution < -0.4 is 0 Å². The quantitative estimate of drug-likeness (QED) is 0.172. The van der Waals surface area contributed by atoms with Crippen LogP contribution in [0.3, 0.4) is 0 Å². The van der Waals surface area contributed by atoms with Crippen molar-refractivity contribution in [3.8, 4) is 45.9 Å². The van der Waals surface area contributed by atoms with Crippen LogP contribution in [0.5, 0.6) is 0 Å². The molecule has 0 aliphatic carbocycles. The maximum Gasteiger partial charge on any atom is 0.235 e. The van der Waals surface area contributed by atoms with Crippen molar-refractivity contribution in [2.75, 3.05) is 0 Å². The number of fused-ring (bicyclic) bond motifs is 28. The third-order valence-corrected chi connectivity index (χ3v) is 21.3. The maximum absolute atomic E-state index is 10.1. The molecule has 9 aromatic heterocycles. The van der Waals surface area contributed by atoms with E-state index in [1.54, 1.807) is 0 Å². The number of hydrogen-bond acceptors (Lipinski definition) is 4. The minimum absolute atomic E-state index is 0.553. The molecule has 0 saturated carbocycles. The van der Waals surface area contributed by atoms with Crippen molar-refractivity contribution in [3.05, 3.63) is 291 Å². The lowest BCUT2D eigenvalue weighted by atomic mass is 9.97. The summed E-state index contributed by atoms with van der Waals surface area (Å²) < 4.78 is 12.2. The van der Waals surface area contributed by atoms with Crippen molar-refractivity contribution in [1.82, 2.24) is 37.5 Å². The van der Waals surface area contributed by atoms with Gasteiger partial charge in [-0.2, -0.15) is 5.26 Å². The van der Waals surface area contributed by atoms with Gasteiger partial charge in [-0.25, -0.2) is 9.97 Å². The van der Waals surface area contributed by atoms with Crippen LogP contribution >= 0.6 is 0 Å². The van der Waals surface area contributed by atoms with Crippen LogP contribution in [0.2, 0.25) is 0 Å². The summed E-state index contributed by atoms with van der Waals surface area (Å²) in [7, 11) is 0. The molecule has 0 atom stereocenters. The second-order valence-electron chi connectivity index (χ2n) is 26.1. The fourth-order valence-corrected chi connectivity index (χ4v) is 17.4. The van der Waals surface area contributed by atoms with E-state index in [0.29, 0.717) is 11.5 Å². The Morgan fingerprint density at radius 1 is 0.289 bits per heavy atom. The molecule has 0 radical (unpaired) electrons. The molecule has 0 amide bonds. The molecule has 14 aromatic carbocycles. The minimum atomic E-state index is 0.553. The Hall–Kier alpha value is -13.4. The normalized spacial score (nSPS) is 12.5. The number of pyridine rings is 1. The van der Waals surface area contributed by atoms with Gasteiger partial charge in [-0.05, 0) is 125 Å². The molecule has 9 nitrogen and oxygen atoms in total. The fourth-order valence-electron chi connectivity index (χ4n) is 17.4. The van der Waals surface area contributed by atoms with Crippen molar-refractivity contribution in [2.45, 2.75) is 0 Å². The summed E-state index contributed by atoms with van der Waals surface area (Å²) in [5, 5.41) is 32.5. The van der Waals surface area contributed by atoms with Gasteiger partial charge in [-0.1, -0.05) is 176 Å². The first-order valence-corrected chi connectivity index (χ1v) is 33.0. The van der Waals surface area contributed by atoms with E-state index in [4.69, 9.17) is 15.0 Å². The molecule has 0 unspecified atom stereocenters. The molecular weight excluding hydrogens is 1180 g/mol. The first-order chi connectivity index (χ1) is 48.1. The van der Waals surface area contributed by atoms with Crippen molar-refractivity contribution in [3.63, 3.8) is 0 Å². The lowest BCUT2D eigenvalue weighted by Gasteiger charge is -2.13. The zero-order valence-electron chi connectivity index (χ0n) is 51.7. The van der Waals surface area contributed by atoms with Gasteiger partial charge in [0, 0.05) is 103 Å². The Morgan fingerprint density at radius 3 is 1.47 bits per heavy atom.